The van der Waals surface area contributed by atoms with Crippen LogP contribution in [0.25, 0.3) is 6.08 Å². The van der Waals surface area contributed by atoms with E-state index in [1.54, 1.807) is 54.6 Å². The minimum atomic E-state index is -0.416. The van der Waals surface area contributed by atoms with E-state index in [0.29, 0.717) is 16.8 Å². The van der Waals surface area contributed by atoms with Gasteiger partial charge in [0.15, 0.2) is 0 Å². The van der Waals surface area contributed by atoms with Crippen molar-refractivity contribution in [1.29, 1.82) is 0 Å². The molecule has 0 atom stereocenters. The quantitative estimate of drug-likeness (QED) is 0.406. The van der Waals surface area contributed by atoms with Crippen LogP contribution in [0.4, 0.5) is 5.69 Å². The minimum absolute atomic E-state index is 0.299. The number of hydrazone groups is 1. The first-order chi connectivity index (χ1) is 14.1. The van der Waals surface area contributed by atoms with E-state index in [-0.39, 0.29) is 5.91 Å². The molecule has 2 N–H and O–H groups in total. The number of halogens is 1. The first kappa shape index (κ1) is 20.2. The number of nitrogens with zero attached hydrogens (tertiary/aromatic N) is 1. The van der Waals surface area contributed by atoms with Crippen molar-refractivity contribution < 1.29 is 9.59 Å². The summed E-state index contributed by atoms with van der Waals surface area (Å²) < 4.78 is 0.882. The Morgan fingerprint density at radius 1 is 0.828 bits per heavy atom. The molecule has 0 radical (unpaired) electrons. The summed E-state index contributed by atoms with van der Waals surface area (Å²) in [6, 6.07) is 23.5. The van der Waals surface area contributed by atoms with Gasteiger partial charge in [0.2, 0.25) is 0 Å². The van der Waals surface area contributed by atoms with Gasteiger partial charge < -0.3 is 5.32 Å². The normalized spacial score (nSPS) is 10.9. The molecule has 0 unspecified atom stereocenters. The van der Waals surface area contributed by atoms with Crippen LogP contribution in [-0.2, 0) is 0 Å². The van der Waals surface area contributed by atoms with Crippen molar-refractivity contribution in [1.82, 2.24) is 5.43 Å². The summed E-state index contributed by atoms with van der Waals surface area (Å²) in [5.74, 6) is -0.715. The number of hydrogen-bond acceptors (Lipinski definition) is 3. The molecule has 0 saturated heterocycles. The van der Waals surface area contributed by atoms with Gasteiger partial charge in [-0.1, -0.05) is 64.5 Å². The molecule has 0 spiro atoms. The molecule has 0 fully saturated rings. The molecule has 3 aromatic rings. The van der Waals surface area contributed by atoms with Crippen molar-refractivity contribution in [3.8, 4) is 0 Å². The number of nitrogens with one attached hydrogen (secondary N) is 2. The van der Waals surface area contributed by atoms with Crippen molar-refractivity contribution >= 4 is 45.7 Å². The lowest BCUT2D eigenvalue weighted by Crippen LogP contribution is -2.21. The average molecular weight is 448 g/mol. The smallest absolute Gasteiger partial charge is 0.273 e. The largest absolute Gasteiger partial charge is 0.321 e. The summed E-state index contributed by atoms with van der Waals surface area (Å²) in [5, 5.41) is 6.69. The molecule has 0 aliphatic heterocycles. The van der Waals surface area contributed by atoms with Crippen LogP contribution in [0, 0.1) is 0 Å². The molecule has 0 bridgehead atoms. The van der Waals surface area contributed by atoms with Crippen molar-refractivity contribution in [3.05, 3.63) is 106 Å². The maximum atomic E-state index is 12.5. The monoisotopic (exact) mass is 447 g/mol. The number of anilines is 1. The highest BCUT2D eigenvalue weighted by atomic mass is 79.9. The van der Waals surface area contributed by atoms with Gasteiger partial charge in [0.1, 0.15) is 0 Å². The van der Waals surface area contributed by atoms with E-state index in [2.05, 4.69) is 31.8 Å². The molecular formula is C23H18BrN3O2. The third kappa shape index (κ3) is 5.99. The molecule has 6 heteroatoms. The Morgan fingerprint density at radius 3 is 2.28 bits per heavy atom. The standard InChI is InChI=1S/C23H18BrN3O2/c24-19-14-12-18(13-15-19)22(28)26-21-11-5-4-10-20(21)23(29)27-25-16-6-9-17-7-2-1-3-8-17/h1-16H,(H,26,28)(H,27,29)/b9-6+,25-16-. The third-order valence-corrected chi connectivity index (χ3v) is 4.47. The molecule has 29 heavy (non-hydrogen) atoms. The highest BCUT2D eigenvalue weighted by molar-refractivity contribution is 9.10. The highest BCUT2D eigenvalue weighted by Crippen LogP contribution is 2.17. The molecule has 5 nitrogen and oxygen atoms in total. The number of carbonyl (C=O) groups is 2. The Bertz CT molecular complexity index is 1050. The SMILES string of the molecule is O=C(Nc1ccccc1C(=O)N/N=C\C=C\c1ccccc1)c1ccc(Br)cc1. The predicted octanol–water partition coefficient (Wildman–Crippen LogP) is 5.13. The fraction of sp³-hybridized carbons (Fsp3) is 0. The summed E-state index contributed by atoms with van der Waals surface area (Å²) in [6.07, 6.45) is 5.10. The number of carbonyl (C=O) groups excluding carboxylic acids is 2. The summed E-state index contributed by atoms with van der Waals surface area (Å²) in [6.45, 7) is 0. The molecule has 144 valence electrons. The van der Waals surface area contributed by atoms with E-state index in [1.807, 2.05) is 36.4 Å². The average Bonchev–Trinajstić information content (AvgIpc) is 2.75. The van der Waals surface area contributed by atoms with Crippen molar-refractivity contribution in [2.75, 3.05) is 5.32 Å². The molecule has 0 heterocycles. The Labute approximate surface area is 177 Å². The van der Waals surface area contributed by atoms with Crippen LogP contribution in [0.5, 0.6) is 0 Å². The van der Waals surface area contributed by atoms with Crippen LogP contribution in [-0.4, -0.2) is 18.0 Å². The van der Waals surface area contributed by atoms with Gasteiger partial charge in [-0.05, 0) is 48.0 Å². The van der Waals surface area contributed by atoms with Gasteiger partial charge in [0, 0.05) is 16.3 Å². The molecule has 2 amide bonds. The zero-order chi connectivity index (χ0) is 20.5. The highest BCUT2D eigenvalue weighted by Gasteiger charge is 2.13. The van der Waals surface area contributed by atoms with Gasteiger partial charge in [-0.25, -0.2) is 5.43 Å². The molecule has 3 rings (SSSR count). The van der Waals surface area contributed by atoms with Crippen LogP contribution in [0.2, 0.25) is 0 Å². The van der Waals surface area contributed by atoms with Crippen LogP contribution in [0.15, 0.2) is 94.5 Å². The van der Waals surface area contributed by atoms with Crippen LogP contribution in [0.3, 0.4) is 0 Å². The number of benzene rings is 3. The zero-order valence-electron chi connectivity index (χ0n) is 15.4. The molecule has 0 saturated carbocycles. The molecule has 3 aromatic carbocycles. The Kier molecular flexibility index (Phi) is 7.08. The Morgan fingerprint density at radius 2 is 1.52 bits per heavy atom. The van der Waals surface area contributed by atoms with Crippen LogP contribution < -0.4 is 10.7 Å². The Balaban J connectivity index is 1.64. The second-order valence-corrected chi connectivity index (χ2v) is 6.91. The first-order valence-corrected chi connectivity index (χ1v) is 9.64. The fourth-order valence-electron chi connectivity index (χ4n) is 2.50. The van der Waals surface area contributed by atoms with E-state index in [1.165, 1.54) is 6.21 Å². The van der Waals surface area contributed by atoms with E-state index in [4.69, 9.17) is 0 Å². The van der Waals surface area contributed by atoms with Gasteiger partial charge in [-0.2, -0.15) is 5.10 Å². The minimum Gasteiger partial charge on any atom is -0.321 e. The number of amides is 2. The second kappa shape index (κ2) is 10.1. The molecule has 0 aliphatic rings. The van der Waals surface area contributed by atoms with Crippen LogP contribution in [0.1, 0.15) is 26.3 Å². The van der Waals surface area contributed by atoms with Gasteiger partial charge in [0.05, 0.1) is 11.3 Å². The molecule has 0 aliphatic carbocycles. The van der Waals surface area contributed by atoms with E-state index in [9.17, 15) is 9.59 Å². The maximum Gasteiger partial charge on any atom is 0.273 e. The number of rotatable bonds is 6. The lowest BCUT2D eigenvalue weighted by molar-refractivity contribution is 0.0956. The lowest BCUT2D eigenvalue weighted by atomic mass is 10.1. The van der Waals surface area contributed by atoms with Crippen LogP contribution >= 0.6 is 15.9 Å². The summed E-state index contributed by atoms with van der Waals surface area (Å²) in [4.78, 5) is 24.9. The molecular weight excluding hydrogens is 430 g/mol. The second-order valence-electron chi connectivity index (χ2n) is 6.00. The van der Waals surface area contributed by atoms with Gasteiger partial charge in [0.25, 0.3) is 11.8 Å². The predicted molar refractivity (Wildman–Crippen MR) is 120 cm³/mol. The van der Waals surface area contributed by atoms with Crippen molar-refractivity contribution in [2.45, 2.75) is 0 Å². The van der Waals surface area contributed by atoms with Gasteiger partial charge in [-0.3, -0.25) is 9.59 Å². The van der Waals surface area contributed by atoms with E-state index < -0.39 is 5.91 Å². The fourth-order valence-corrected chi connectivity index (χ4v) is 2.77. The lowest BCUT2D eigenvalue weighted by Gasteiger charge is -2.10. The summed E-state index contributed by atoms with van der Waals surface area (Å²) in [7, 11) is 0. The topological polar surface area (TPSA) is 70.6 Å². The third-order valence-electron chi connectivity index (χ3n) is 3.94. The van der Waals surface area contributed by atoms with Gasteiger partial charge >= 0.3 is 0 Å². The Hall–Kier alpha value is -3.51. The van der Waals surface area contributed by atoms with E-state index in [0.717, 1.165) is 10.0 Å². The van der Waals surface area contributed by atoms with Gasteiger partial charge in [-0.15, -0.1) is 0 Å². The van der Waals surface area contributed by atoms with Crippen molar-refractivity contribution in [2.24, 2.45) is 5.10 Å². The number of allylic oxidation sites excluding steroid dienone is 1. The van der Waals surface area contributed by atoms with Crippen molar-refractivity contribution in [3.63, 3.8) is 0 Å². The zero-order valence-corrected chi connectivity index (χ0v) is 17.0. The summed E-state index contributed by atoms with van der Waals surface area (Å²) in [5.41, 5.74) is 4.73. The number of hydrogen-bond donors (Lipinski definition) is 2. The molecule has 0 aromatic heterocycles. The van der Waals surface area contributed by atoms with E-state index >= 15 is 0 Å². The number of para-hydroxylation sites is 1. The maximum absolute atomic E-state index is 12.5. The first-order valence-electron chi connectivity index (χ1n) is 8.84. The summed E-state index contributed by atoms with van der Waals surface area (Å²) >= 11 is 3.34.